The highest BCUT2D eigenvalue weighted by molar-refractivity contribution is 5.83. The Kier molecular flexibility index (Phi) is 4.21. The van der Waals surface area contributed by atoms with Gasteiger partial charge in [-0.1, -0.05) is 42.5 Å². The van der Waals surface area contributed by atoms with Gasteiger partial charge in [-0.25, -0.2) is 4.39 Å². The van der Waals surface area contributed by atoms with Gasteiger partial charge in [0.1, 0.15) is 11.9 Å². The van der Waals surface area contributed by atoms with Gasteiger partial charge >= 0.3 is 0 Å². The molecule has 0 unspecified atom stereocenters. The molecule has 0 spiro atoms. The summed E-state index contributed by atoms with van der Waals surface area (Å²) in [6, 6.07) is 15.2. The Hall–Kier alpha value is -2.71. The lowest BCUT2D eigenvalue weighted by molar-refractivity contribution is -0.148. The van der Waals surface area contributed by atoms with Crippen molar-refractivity contribution in [3.63, 3.8) is 0 Å². The molecule has 0 bridgehead atoms. The van der Waals surface area contributed by atoms with E-state index in [1.807, 2.05) is 24.3 Å². The van der Waals surface area contributed by atoms with Crippen LogP contribution >= 0.6 is 0 Å². The summed E-state index contributed by atoms with van der Waals surface area (Å²) in [7, 11) is 0. The van der Waals surface area contributed by atoms with Crippen molar-refractivity contribution in [3.05, 3.63) is 59.9 Å². The Morgan fingerprint density at radius 1 is 1.19 bits per heavy atom. The molecule has 2 aliphatic rings. The predicted molar refractivity (Wildman–Crippen MR) is 94.4 cm³/mol. The van der Waals surface area contributed by atoms with Crippen LogP contribution in [0.4, 0.5) is 4.39 Å². The van der Waals surface area contributed by atoms with E-state index in [1.165, 1.54) is 6.07 Å². The molecule has 0 aromatic heterocycles. The molecule has 2 aromatic rings. The van der Waals surface area contributed by atoms with E-state index in [0.717, 1.165) is 24.0 Å². The van der Waals surface area contributed by atoms with Crippen molar-refractivity contribution >= 4 is 5.91 Å². The summed E-state index contributed by atoms with van der Waals surface area (Å²) in [4.78, 5) is 14.0. The van der Waals surface area contributed by atoms with Gasteiger partial charge in [-0.3, -0.25) is 4.79 Å². The lowest BCUT2D eigenvalue weighted by atomic mass is 9.75. The van der Waals surface area contributed by atoms with Gasteiger partial charge in [0.15, 0.2) is 0 Å². The lowest BCUT2D eigenvalue weighted by Gasteiger charge is -2.51. The average Bonchev–Trinajstić information content (AvgIpc) is 3.48. The van der Waals surface area contributed by atoms with Gasteiger partial charge in [0.2, 0.25) is 5.91 Å². The molecule has 4 rings (SSSR count). The number of hydrogen-bond acceptors (Lipinski definition) is 3. The van der Waals surface area contributed by atoms with Crippen molar-refractivity contribution in [1.82, 2.24) is 4.90 Å². The molecule has 1 heterocycles. The highest BCUT2D eigenvalue weighted by Gasteiger charge is 2.53. The summed E-state index contributed by atoms with van der Waals surface area (Å²) < 4.78 is 13.9. The van der Waals surface area contributed by atoms with Gasteiger partial charge in [0, 0.05) is 17.4 Å². The van der Waals surface area contributed by atoms with Gasteiger partial charge in [-0.2, -0.15) is 5.26 Å². The van der Waals surface area contributed by atoms with E-state index in [2.05, 4.69) is 6.07 Å². The molecule has 1 N–H and O–H groups in total. The van der Waals surface area contributed by atoms with Crippen molar-refractivity contribution in [3.8, 4) is 17.2 Å². The number of halogens is 1. The van der Waals surface area contributed by atoms with Gasteiger partial charge < -0.3 is 10.0 Å². The highest BCUT2D eigenvalue weighted by Crippen LogP contribution is 2.44. The van der Waals surface area contributed by atoms with Crippen LogP contribution in [0.3, 0.4) is 0 Å². The zero-order valence-corrected chi connectivity index (χ0v) is 14.2. The smallest absolute Gasteiger partial charge is 0.227 e. The number of nitrogens with zero attached hydrogens (tertiary/aromatic N) is 2. The summed E-state index contributed by atoms with van der Waals surface area (Å²) in [5.74, 6) is -0.505. The Labute approximate surface area is 151 Å². The number of amides is 1. The topological polar surface area (TPSA) is 64.3 Å². The second kappa shape index (κ2) is 6.54. The van der Waals surface area contributed by atoms with E-state index in [4.69, 9.17) is 0 Å². The summed E-state index contributed by atoms with van der Waals surface area (Å²) in [6.07, 6.45) is 1.74. The van der Waals surface area contributed by atoms with Crippen LogP contribution in [0, 0.1) is 23.1 Å². The molecule has 1 amide bonds. The van der Waals surface area contributed by atoms with E-state index in [0.29, 0.717) is 5.56 Å². The molecule has 26 heavy (non-hydrogen) atoms. The lowest BCUT2D eigenvalue weighted by Crippen LogP contribution is -2.65. The maximum absolute atomic E-state index is 13.9. The maximum atomic E-state index is 13.9. The Balaban J connectivity index is 1.60. The number of aliphatic hydroxyl groups is 1. The van der Waals surface area contributed by atoms with Gasteiger partial charge in [-0.05, 0) is 30.0 Å². The maximum Gasteiger partial charge on any atom is 0.227 e. The van der Waals surface area contributed by atoms with Gasteiger partial charge in [-0.15, -0.1) is 0 Å². The van der Waals surface area contributed by atoms with E-state index in [9.17, 15) is 19.6 Å². The van der Waals surface area contributed by atoms with Crippen LogP contribution in [0.2, 0.25) is 0 Å². The number of benzene rings is 2. The molecule has 1 saturated carbocycles. The van der Waals surface area contributed by atoms with Crippen LogP contribution in [0.5, 0.6) is 0 Å². The fourth-order valence-corrected chi connectivity index (χ4v) is 3.83. The molecule has 4 nitrogen and oxygen atoms in total. The first-order valence-corrected chi connectivity index (χ1v) is 8.83. The Morgan fingerprint density at radius 2 is 1.88 bits per heavy atom. The van der Waals surface area contributed by atoms with Crippen LogP contribution < -0.4 is 0 Å². The normalized spacial score (nSPS) is 24.7. The predicted octanol–water partition coefficient (Wildman–Crippen LogP) is 3.08. The summed E-state index contributed by atoms with van der Waals surface area (Å²) in [6.45, 7) is -0.170. The molecule has 132 valence electrons. The Morgan fingerprint density at radius 3 is 2.46 bits per heavy atom. The fraction of sp³-hybridized carbons (Fsp3) is 0.333. The average molecular weight is 350 g/mol. The first kappa shape index (κ1) is 16.7. The number of carbonyl (C=O) groups excluding carboxylic acids is 1. The zero-order chi connectivity index (χ0) is 18.3. The van der Waals surface area contributed by atoms with Crippen LogP contribution in [0.1, 0.15) is 24.3 Å². The third-order valence-electron chi connectivity index (χ3n) is 5.39. The summed E-state index contributed by atoms with van der Waals surface area (Å²) in [5.41, 5.74) is 2.16. The summed E-state index contributed by atoms with van der Waals surface area (Å²) in [5, 5.41) is 19.3. The van der Waals surface area contributed by atoms with E-state index in [1.54, 1.807) is 23.1 Å². The third kappa shape index (κ3) is 2.67. The molecule has 3 atom stereocenters. The standard InChI is InChI=1S/C21H19FN2O2/c22-17-4-2-1-3-16(17)13-5-7-14(8-6-13)20-18(11-23)24(19(20)12-25)21(26)15-9-10-15/h1-8,15,18-20,25H,9-10,12H2/t18-,19-,20-/m0/s1. The minimum absolute atomic E-state index is 0.0179. The zero-order valence-electron chi connectivity index (χ0n) is 14.2. The Bertz CT molecular complexity index is 870. The molecule has 1 aliphatic heterocycles. The first-order valence-electron chi connectivity index (χ1n) is 8.83. The largest absolute Gasteiger partial charge is 0.394 e. The summed E-state index contributed by atoms with van der Waals surface area (Å²) >= 11 is 0. The third-order valence-corrected chi connectivity index (χ3v) is 5.39. The first-order chi connectivity index (χ1) is 12.7. The van der Waals surface area contributed by atoms with Crippen LogP contribution in [-0.4, -0.2) is 34.6 Å². The number of likely N-dealkylation sites (tertiary alicyclic amines) is 1. The molecule has 2 aromatic carbocycles. The molecule has 1 saturated heterocycles. The molecular formula is C21H19FN2O2. The van der Waals surface area contributed by atoms with Gasteiger partial charge in [0.05, 0.1) is 18.7 Å². The van der Waals surface area contributed by atoms with Crippen LogP contribution in [-0.2, 0) is 4.79 Å². The van der Waals surface area contributed by atoms with Gasteiger partial charge in [0.25, 0.3) is 0 Å². The van der Waals surface area contributed by atoms with Crippen LogP contribution in [0.15, 0.2) is 48.5 Å². The molecule has 0 radical (unpaired) electrons. The van der Waals surface area contributed by atoms with E-state index in [-0.39, 0.29) is 36.2 Å². The molecule has 1 aliphatic carbocycles. The minimum atomic E-state index is -0.556. The number of nitriles is 1. The van der Waals surface area contributed by atoms with E-state index >= 15 is 0 Å². The molecule has 5 heteroatoms. The number of rotatable bonds is 4. The molecule has 2 fully saturated rings. The highest BCUT2D eigenvalue weighted by atomic mass is 19.1. The second-order valence-electron chi connectivity index (χ2n) is 6.97. The van der Waals surface area contributed by atoms with E-state index < -0.39 is 6.04 Å². The fourth-order valence-electron chi connectivity index (χ4n) is 3.83. The second-order valence-corrected chi connectivity index (χ2v) is 6.97. The minimum Gasteiger partial charge on any atom is -0.394 e. The number of hydrogen-bond donors (Lipinski definition) is 1. The van der Waals surface area contributed by atoms with Crippen molar-refractivity contribution in [2.75, 3.05) is 6.61 Å². The number of aliphatic hydroxyl groups excluding tert-OH is 1. The van der Waals surface area contributed by atoms with Crippen molar-refractivity contribution in [2.24, 2.45) is 5.92 Å². The van der Waals surface area contributed by atoms with Crippen molar-refractivity contribution in [1.29, 1.82) is 5.26 Å². The van der Waals surface area contributed by atoms with Crippen molar-refractivity contribution < 1.29 is 14.3 Å². The monoisotopic (exact) mass is 350 g/mol. The quantitative estimate of drug-likeness (QED) is 0.922. The van der Waals surface area contributed by atoms with Crippen molar-refractivity contribution in [2.45, 2.75) is 30.8 Å². The SMILES string of the molecule is N#C[C@H]1[C@H](c2ccc(-c3ccccc3F)cc2)[C@H](CO)N1C(=O)C1CC1. The molecular weight excluding hydrogens is 331 g/mol. The number of carbonyl (C=O) groups is 1. The van der Waals surface area contributed by atoms with Crippen LogP contribution in [0.25, 0.3) is 11.1 Å².